The minimum Gasteiger partial charge on any atom is -0.496 e. The number of benzene rings is 1. The molecule has 1 atom stereocenters. The van der Waals surface area contributed by atoms with Crippen LogP contribution in [0.15, 0.2) is 18.2 Å². The molecule has 1 aromatic rings. The quantitative estimate of drug-likeness (QED) is 0.778. The van der Waals surface area contributed by atoms with Crippen LogP contribution in [0.3, 0.4) is 0 Å². The highest BCUT2D eigenvalue weighted by atomic mass is 16.5. The monoisotopic (exact) mass is 225 g/mol. The van der Waals surface area contributed by atoms with Crippen molar-refractivity contribution < 1.29 is 19.4 Å². The molecule has 0 fully saturated rings. The summed E-state index contributed by atoms with van der Waals surface area (Å²) in [6, 6.07) is 3.98. The summed E-state index contributed by atoms with van der Waals surface area (Å²) in [5.41, 5.74) is 6.82. The Kier molecular flexibility index (Phi) is 4.28. The van der Waals surface area contributed by atoms with Crippen molar-refractivity contribution in [1.29, 1.82) is 0 Å². The van der Waals surface area contributed by atoms with E-state index in [1.54, 1.807) is 32.4 Å². The lowest BCUT2D eigenvalue weighted by Crippen LogP contribution is -2.20. The molecule has 0 aliphatic carbocycles. The predicted molar refractivity (Wildman–Crippen MR) is 58.3 cm³/mol. The van der Waals surface area contributed by atoms with Crippen molar-refractivity contribution in [3.8, 4) is 5.75 Å². The molecular weight excluding hydrogens is 210 g/mol. The van der Waals surface area contributed by atoms with Gasteiger partial charge in [0.25, 0.3) is 0 Å². The van der Waals surface area contributed by atoms with Gasteiger partial charge < -0.3 is 20.3 Å². The van der Waals surface area contributed by atoms with Crippen LogP contribution in [0.25, 0.3) is 0 Å². The molecule has 16 heavy (non-hydrogen) atoms. The summed E-state index contributed by atoms with van der Waals surface area (Å²) < 4.78 is 10.1. The van der Waals surface area contributed by atoms with E-state index >= 15 is 0 Å². The Morgan fingerprint density at radius 3 is 2.69 bits per heavy atom. The summed E-state index contributed by atoms with van der Waals surface area (Å²) in [6.45, 7) is 0.351. The summed E-state index contributed by atoms with van der Waals surface area (Å²) in [5, 5.41) is 8.80. The molecule has 0 aliphatic heterocycles. The zero-order valence-electron chi connectivity index (χ0n) is 9.27. The van der Waals surface area contributed by atoms with E-state index in [0.717, 1.165) is 5.56 Å². The first-order chi connectivity index (χ1) is 7.60. The molecule has 0 aromatic heterocycles. The third-order valence-electron chi connectivity index (χ3n) is 2.23. The van der Waals surface area contributed by atoms with Gasteiger partial charge in [0.1, 0.15) is 11.8 Å². The maximum atomic E-state index is 10.7. The lowest BCUT2D eigenvalue weighted by atomic mass is 10.0. The molecule has 0 bridgehead atoms. The molecule has 1 aromatic carbocycles. The van der Waals surface area contributed by atoms with Gasteiger partial charge >= 0.3 is 5.97 Å². The van der Waals surface area contributed by atoms with Gasteiger partial charge in [0.2, 0.25) is 0 Å². The largest absolute Gasteiger partial charge is 0.496 e. The van der Waals surface area contributed by atoms with Gasteiger partial charge in [-0.3, -0.25) is 4.79 Å². The molecule has 5 heteroatoms. The maximum absolute atomic E-state index is 10.7. The van der Waals surface area contributed by atoms with Crippen LogP contribution in [0.1, 0.15) is 17.2 Å². The van der Waals surface area contributed by atoms with E-state index in [-0.39, 0.29) is 0 Å². The van der Waals surface area contributed by atoms with E-state index in [4.69, 9.17) is 20.3 Å². The Hall–Kier alpha value is -1.59. The van der Waals surface area contributed by atoms with Crippen molar-refractivity contribution in [2.24, 2.45) is 5.73 Å². The normalized spacial score (nSPS) is 12.2. The predicted octanol–water partition coefficient (Wildman–Crippen LogP) is 0.926. The summed E-state index contributed by atoms with van der Waals surface area (Å²) >= 11 is 0. The smallest absolute Gasteiger partial charge is 0.325 e. The number of carboxylic acids is 1. The van der Waals surface area contributed by atoms with Gasteiger partial charge in [0.15, 0.2) is 0 Å². The SMILES string of the molecule is COCc1cc(C(N)C(=O)O)ccc1OC. The van der Waals surface area contributed by atoms with E-state index in [1.165, 1.54) is 0 Å². The van der Waals surface area contributed by atoms with E-state index < -0.39 is 12.0 Å². The highest BCUT2D eigenvalue weighted by Crippen LogP contribution is 2.23. The number of hydrogen-bond donors (Lipinski definition) is 2. The summed E-state index contributed by atoms with van der Waals surface area (Å²) in [4.78, 5) is 10.7. The molecule has 88 valence electrons. The van der Waals surface area contributed by atoms with Crippen LogP contribution in [-0.4, -0.2) is 25.3 Å². The molecule has 0 saturated carbocycles. The molecular formula is C11H15NO4. The summed E-state index contributed by atoms with van der Waals surface area (Å²) in [5.74, 6) is -0.406. The molecule has 0 radical (unpaired) electrons. The highest BCUT2D eigenvalue weighted by molar-refractivity contribution is 5.75. The highest BCUT2D eigenvalue weighted by Gasteiger charge is 2.15. The van der Waals surface area contributed by atoms with Gasteiger partial charge in [0, 0.05) is 12.7 Å². The average Bonchev–Trinajstić information content (AvgIpc) is 2.28. The summed E-state index contributed by atoms with van der Waals surface area (Å²) in [6.07, 6.45) is 0. The van der Waals surface area contributed by atoms with Gasteiger partial charge in [-0.1, -0.05) is 6.07 Å². The fraction of sp³-hybridized carbons (Fsp3) is 0.364. The van der Waals surface area contributed by atoms with Gasteiger partial charge in [-0.2, -0.15) is 0 Å². The second kappa shape index (κ2) is 5.48. The molecule has 5 nitrogen and oxygen atoms in total. The van der Waals surface area contributed by atoms with Gasteiger partial charge in [-0.15, -0.1) is 0 Å². The molecule has 0 spiro atoms. The molecule has 0 aliphatic rings. The van der Waals surface area contributed by atoms with Crippen LogP contribution < -0.4 is 10.5 Å². The number of nitrogens with two attached hydrogens (primary N) is 1. The number of carbonyl (C=O) groups is 1. The lowest BCUT2D eigenvalue weighted by Gasteiger charge is -2.12. The number of rotatable bonds is 5. The average molecular weight is 225 g/mol. The van der Waals surface area contributed by atoms with Crippen molar-refractivity contribution in [2.75, 3.05) is 14.2 Å². The van der Waals surface area contributed by atoms with Crippen molar-refractivity contribution in [2.45, 2.75) is 12.6 Å². The first-order valence-corrected chi connectivity index (χ1v) is 4.74. The van der Waals surface area contributed by atoms with E-state index in [9.17, 15) is 4.79 Å². The fourth-order valence-electron chi connectivity index (χ4n) is 1.40. The Morgan fingerprint density at radius 1 is 1.50 bits per heavy atom. The van der Waals surface area contributed by atoms with Crippen LogP contribution in [0.5, 0.6) is 5.75 Å². The number of hydrogen-bond acceptors (Lipinski definition) is 4. The number of aliphatic carboxylic acids is 1. The molecule has 0 saturated heterocycles. The minimum absolute atomic E-state index is 0.351. The van der Waals surface area contributed by atoms with Crippen LogP contribution in [0.2, 0.25) is 0 Å². The van der Waals surface area contributed by atoms with E-state index in [1.807, 2.05) is 0 Å². The van der Waals surface area contributed by atoms with Gasteiger partial charge in [-0.05, 0) is 17.7 Å². The second-order valence-electron chi connectivity index (χ2n) is 3.32. The minimum atomic E-state index is -1.06. The molecule has 0 amide bonds. The lowest BCUT2D eigenvalue weighted by molar-refractivity contribution is -0.138. The van der Waals surface area contributed by atoms with Crippen molar-refractivity contribution >= 4 is 5.97 Å². The van der Waals surface area contributed by atoms with Crippen molar-refractivity contribution in [1.82, 2.24) is 0 Å². The van der Waals surface area contributed by atoms with Gasteiger partial charge in [0.05, 0.1) is 13.7 Å². The van der Waals surface area contributed by atoms with Crippen LogP contribution >= 0.6 is 0 Å². The van der Waals surface area contributed by atoms with Gasteiger partial charge in [-0.25, -0.2) is 0 Å². The Balaban J connectivity index is 3.05. The second-order valence-corrected chi connectivity index (χ2v) is 3.32. The standard InChI is InChI=1S/C11H15NO4/c1-15-6-8-5-7(10(12)11(13)14)3-4-9(8)16-2/h3-5,10H,6,12H2,1-2H3,(H,13,14). The number of methoxy groups -OCH3 is 2. The fourth-order valence-corrected chi connectivity index (χ4v) is 1.40. The topological polar surface area (TPSA) is 81.8 Å². The van der Waals surface area contributed by atoms with E-state index in [0.29, 0.717) is 17.9 Å². The Bertz CT molecular complexity index is 378. The number of ether oxygens (including phenoxy) is 2. The molecule has 1 unspecified atom stereocenters. The zero-order valence-corrected chi connectivity index (χ0v) is 9.27. The third-order valence-corrected chi connectivity index (χ3v) is 2.23. The molecule has 1 rings (SSSR count). The first kappa shape index (κ1) is 12.5. The Labute approximate surface area is 93.8 Å². The molecule has 0 heterocycles. The zero-order chi connectivity index (χ0) is 12.1. The summed E-state index contributed by atoms with van der Waals surface area (Å²) in [7, 11) is 3.11. The number of carboxylic acid groups (broad SMARTS) is 1. The molecule has 3 N–H and O–H groups in total. The van der Waals surface area contributed by atoms with Crippen LogP contribution in [0.4, 0.5) is 0 Å². The van der Waals surface area contributed by atoms with Crippen LogP contribution in [-0.2, 0) is 16.1 Å². The first-order valence-electron chi connectivity index (χ1n) is 4.74. The third kappa shape index (κ3) is 2.71. The van der Waals surface area contributed by atoms with Crippen LogP contribution in [0, 0.1) is 0 Å². The maximum Gasteiger partial charge on any atom is 0.325 e. The van der Waals surface area contributed by atoms with Crippen molar-refractivity contribution in [3.63, 3.8) is 0 Å². The van der Waals surface area contributed by atoms with Crippen molar-refractivity contribution in [3.05, 3.63) is 29.3 Å². The Morgan fingerprint density at radius 2 is 2.19 bits per heavy atom. The van der Waals surface area contributed by atoms with E-state index in [2.05, 4.69) is 0 Å².